The maximum atomic E-state index is 11.8. The van der Waals surface area contributed by atoms with Gasteiger partial charge in [-0.05, 0) is 52.0 Å². The van der Waals surface area contributed by atoms with Crippen molar-refractivity contribution in [3.05, 3.63) is 0 Å². The fourth-order valence-electron chi connectivity index (χ4n) is 3.48. The summed E-state index contributed by atoms with van der Waals surface area (Å²) in [6.07, 6.45) is 6.42. The van der Waals surface area contributed by atoms with E-state index < -0.39 is 0 Å². The van der Waals surface area contributed by atoms with Crippen LogP contribution in [0.25, 0.3) is 0 Å². The highest BCUT2D eigenvalue weighted by Gasteiger charge is 2.35. The van der Waals surface area contributed by atoms with Crippen LogP contribution < -0.4 is 16.0 Å². The van der Waals surface area contributed by atoms with Gasteiger partial charge < -0.3 is 16.0 Å². The molecule has 104 valence electrons. The molecule has 2 rings (SSSR count). The largest absolute Gasteiger partial charge is 0.355 e. The van der Waals surface area contributed by atoms with Crippen molar-refractivity contribution in [1.82, 2.24) is 16.0 Å². The van der Waals surface area contributed by atoms with E-state index in [1.165, 1.54) is 38.6 Å². The van der Waals surface area contributed by atoms with Crippen LogP contribution in [-0.4, -0.2) is 37.1 Å². The van der Waals surface area contributed by atoms with Gasteiger partial charge in [-0.3, -0.25) is 4.79 Å². The monoisotopic (exact) mass is 253 g/mol. The average Bonchev–Trinajstić information content (AvgIpc) is 2.98. The molecular formula is C14H27N3O. The van der Waals surface area contributed by atoms with Crippen molar-refractivity contribution in [3.8, 4) is 0 Å². The quantitative estimate of drug-likeness (QED) is 0.686. The molecule has 1 aliphatic carbocycles. The molecule has 2 fully saturated rings. The molecule has 4 nitrogen and oxygen atoms in total. The number of hydrogen-bond acceptors (Lipinski definition) is 3. The van der Waals surface area contributed by atoms with E-state index in [2.05, 4.69) is 16.0 Å². The van der Waals surface area contributed by atoms with Crippen LogP contribution in [0.1, 0.15) is 46.0 Å². The molecule has 2 aliphatic rings. The first-order valence-electron chi connectivity index (χ1n) is 7.49. The third-order valence-corrected chi connectivity index (χ3v) is 4.39. The van der Waals surface area contributed by atoms with Gasteiger partial charge in [-0.1, -0.05) is 6.42 Å². The number of likely N-dealkylation sites (N-methyl/N-ethyl adjacent to an activating group) is 1. The molecule has 1 saturated carbocycles. The molecule has 1 saturated heterocycles. The smallest absolute Gasteiger partial charge is 0.236 e. The topological polar surface area (TPSA) is 53.2 Å². The minimum absolute atomic E-state index is 0.0723. The lowest BCUT2D eigenvalue weighted by Crippen LogP contribution is -2.50. The Morgan fingerprint density at radius 2 is 2.17 bits per heavy atom. The first kappa shape index (κ1) is 13.8. The standard InChI is InChI=1S/C14H27N3O/c1-3-15-14(18)10(2)17-13-7-4-6-11(13)12-8-5-9-16-12/h10-13,16-17H,3-9H2,1-2H3,(H,15,18). The second kappa shape index (κ2) is 6.53. The summed E-state index contributed by atoms with van der Waals surface area (Å²) >= 11 is 0. The van der Waals surface area contributed by atoms with E-state index >= 15 is 0 Å². The molecule has 1 amide bonds. The SMILES string of the molecule is CCNC(=O)C(C)NC1CCCC1C1CCCN1. The minimum atomic E-state index is -0.0723. The lowest BCUT2D eigenvalue weighted by atomic mass is 9.92. The molecule has 18 heavy (non-hydrogen) atoms. The van der Waals surface area contributed by atoms with Gasteiger partial charge in [0, 0.05) is 18.6 Å². The first-order chi connectivity index (χ1) is 8.72. The molecule has 0 spiro atoms. The van der Waals surface area contributed by atoms with Gasteiger partial charge in [0.25, 0.3) is 0 Å². The van der Waals surface area contributed by atoms with E-state index in [-0.39, 0.29) is 11.9 Å². The van der Waals surface area contributed by atoms with Crippen LogP contribution in [0.3, 0.4) is 0 Å². The van der Waals surface area contributed by atoms with E-state index in [1.807, 2.05) is 13.8 Å². The van der Waals surface area contributed by atoms with Gasteiger partial charge in [0.15, 0.2) is 0 Å². The van der Waals surface area contributed by atoms with Gasteiger partial charge in [-0.25, -0.2) is 0 Å². The van der Waals surface area contributed by atoms with Crippen molar-refractivity contribution in [3.63, 3.8) is 0 Å². The molecule has 3 N–H and O–H groups in total. The van der Waals surface area contributed by atoms with Crippen LogP contribution in [0.2, 0.25) is 0 Å². The second-order valence-electron chi connectivity index (χ2n) is 5.69. The molecule has 1 aliphatic heterocycles. The number of amides is 1. The molecule has 0 aromatic rings. The van der Waals surface area contributed by atoms with Crippen LogP contribution >= 0.6 is 0 Å². The van der Waals surface area contributed by atoms with Gasteiger partial charge >= 0.3 is 0 Å². The first-order valence-corrected chi connectivity index (χ1v) is 7.49. The molecule has 4 heteroatoms. The number of rotatable bonds is 5. The second-order valence-corrected chi connectivity index (χ2v) is 5.69. The highest BCUT2D eigenvalue weighted by atomic mass is 16.2. The molecular weight excluding hydrogens is 226 g/mol. The third kappa shape index (κ3) is 3.23. The van der Waals surface area contributed by atoms with Gasteiger partial charge in [-0.15, -0.1) is 0 Å². The average molecular weight is 253 g/mol. The Morgan fingerprint density at radius 1 is 1.33 bits per heavy atom. The van der Waals surface area contributed by atoms with Crippen LogP contribution in [0, 0.1) is 5.92 Å². The fraction of sp³-hybridized carbons (Fsp3) is 0.929. The summed E-state index contributed by atoms with van der Waals surface area (Å²) in [6, 6.07) is 1.11. The summed E-state index contributed by atoms with van der Waals surface area (Å²) in [5.41, 5.74) is 0. The molecule has 0 bridgehead atoms. The molecule has 0 aromatic heterocycles. The van der Waals surface area contributed by atoms with Crippen molar-refractivity contribution in [2.45, 2.75) is 64.1 Å². The molecule has 0 aromatic carbocycles. The molecule has 0 radical (unpaired) electrons. The zero-order valence-corrected chi connectivity index (χ0v) is 11.7. The van der Waals surface area contributed by atoms with E-state index in [9.17, 15) is 4.79 Å². The lowest BCUT2D eigenvalue weighted by Gasteiger charge is -2.28. The Morgan fingerprint density at radius 3 is 2.83 bits per heavy atom. The van der Waals surface area contributed by atoms with Crippen LogP contribution in [0.4, 0.5) is 0 Å². The number of hydrogen-bond donors (Lipinski definition) is 3. The summed E-state index contributed by atoms with van der Waals surface area (Å²) in [4.78, 5) is 11.8. The lowest BCUT2D eigenvalue weighted by molar-refractivity contribution is -0.122. The Labute approximate surface area is 110 Å². The minimum Gasteiger partial charge on any atom is -0.355 e. The van der Waals surface area contributed by atoms with Crippen molar-refractivity contribution in [1.29, 1.82) is 0 Å². The number of carbonyl (C=O) groups is 1. The summed E-state index contributed by atoms with van der Waals surface area (Å²) in [5.74, 6) is 0.840. The van der Waals surface area contributed by atoms with E-state index in [0.29, 0.717) is 24.5 Å². The third-order valence-electron chi connectivity index (χ3n) is 4.39. The zero-order valence-electron chi connectivity index (χ0n) is 11.7. The maximum Gasteiger partial charge on any atom is 0.236 e. The van der Waals surface area contributed by atoms with Gasteiger partial charge in [0.05, 0.1) is 6.04 Å². The van der Waals surface area contributed by atoms with Crippen LogP contribution in [0.5, 0.6) is 0 Å². The van der Waals surface area contributed by atoms with Gasteiger partial charge in [0.2, 0.25) is 5.91 Å². The Kier molecular flexibility index (Phi) is 5.01. The Bertz CT molecular complexity index is 276. The van der Waals surface area contributed by atoms with E-state index in [0.717, 1.165) is 0 Å². The maximum absolute atomic E-state index is 11.8. The van der Waals surface area contributed by atoms with E-state index in [1.54, 1.807) is 0 Å². The van der Waals surface area contributed by atoms with Crippen LogP contribution in [0.15, 0.2) is 0 Å². The Balaban J connectivity index is 1.85. The summed E-state index contributed by atoms with van der Waals surface area (Å²) in [5, 5.41) is 10.0. The zero-order chi connectivity index (χ0) is 13.0. The highest BCUT2D eigenvalue weighted by molar-refractivity contribution is 5.81. The predicted octanol–water partition coefficient (Wildman–Crippen LogP) is 1.02. The van der Waals surface area contributed by atoms with E-state index in [4.69, 9.17) is 0 Å². The Hall–Kier alpha value is -0.610. The fourth-order valence-corrected chi connectivity index (χ4v) is 3.48. The van der Waals surface area contributed by atoms with Crippen molar-refractivity contribution in [2.24, 2.45) is 5.92 Å². The van der Waals surface area contributed by atoms with Crippen molar-refractivity contribution < 1.29 is 4.79 Å². The van der Waals surface area contributed by atoms with Crippen molar-refractivity contribution >= 4 is 5.91 Å². The normalized spacial score (nSPS) is 33.6. The van der Waals surface area contributed by atoms with Crippen LogP contribution in [-0.2, 0) is 4.79 Å². The summed E-state index contributed by atoms with van der Waals surface area (Å²) in [6.45, 7) is 5.82. The molecule has 4 atom stereocenters. The van der Waals surface area contributed by atoms with Gasteiger partial charge in [0.1, 0.15) is 0 Å². The number of nitrogens with one attached hydrogen (secondary N) is 3. The predicted molar refractivity (Wildman–Crippen MR) is 73.4 cm³/mol. The highest BCUT2D eigenvalue weighted by Crippen LogP contribution is 2.32. The van der Waals surface area contributed by atoms with Gasteiger partial charge in [-0.2, -0.15) is 0 Å². The molecule has 1 heterocycles. The number of carbonyl (C=O) groups excluding carboxylic acids is 1. The molecule has 4 unspecified atom stereocenters. The van der Waals surface area contributed by atoms with Crippen molar-refractivity contribution in [2.75, 3.05) is 13.1 Å². The summed E-state index contributed by atoms with van der Waals surface area (Å²) < 4.78 is 0. The summed E-state index contributed by atoms with van der Waals surface area (Å²) in [7, 11) is 0.